The lowest BCUT2D eigenvalue weighted by Gasteiger charge is -2.31. The van der Waals surface area contributed by atoms with Crippen molar-refractivity contribution in [2.24, 2.45) is 5.73 Å². The van der Waals surface area contributed by atoms with Gasteiger partial charge in [0.1, 0.15) is 6.33 Å². The third-order valence-corrected chi connectivity index (χ3v) is 3.84. The summed E-state index contributed by atoms with van der Waals surface area (Å²) in [6, 6.07) is 0.0981. The molecule has 0 spiro atoms. The van der Waals surface area contributed by atoms with E-state index in [2.05, 4.69) is 25.1 Å². The first-order valence-corrected chi connectivity index (χ1v) is 7.64. The second-order valence-electron chi connectivity index (χ2n) is 6.80. The zero-order chi connectivity index (χ0) is 16.6. The minimum atomic E-state index is -0.621. The van der Waals surface area contributed by atoms with E-state index < -0.39 is 5.91 Å². The van der Waals surface area contributed by atoms with E-state index in [1.54, 1.807) is 11.0 Å². The summed E-state index contributed by atoms with van der Waals surface area (Å²) in [6.45, 7) is 7.64. The summed E-state index contributed by atoms with van der Waals surface area (Å²) < 4.78 is 7.05. The van der Waals surface area contributed by atoms with Gasteiger partial charge in [-0.25, -0.2) is 9.67 Å². The molecule has 2 aromatic rings. The Morgan fingerprint density at radius 1 is 1.43 bits per heavy atom. The quantitative estimate of drug-likeness (QED) is 0.893. The molecule has 0 bridgehead atoms. The van der Waals surface area contributed by atoms with Crippen LogP contribution in [0.5, 0.6) is 0 Å². The van der Waals surface area contributed by atoms with Crippen LogP contribution in [-0.4, -0.2) is 43.9 Å². The zero-order valence-corrected chi connectivity index (χ0v) is 13.6. The number of carbonyl (C=O) groups is 1. The number of anilines is 1. The van der Waals surface area contributed by atoms with Crippen molar-refractivity contribution in [3.63, 3.8) is 0 Å². The molecule has 124 valence electrons. The summed E-state index contributed by atoms with van der Waals surface area (Å²) >= 11 is 0. The Labute approximate surface area is 133 Å². The molecule has 2 aromatic heterocycles. The van der Waals surface area contributed by atoms with E-state index in [-0.39, 0.29) is 17.3 Å². The Bertz CT molecular complexity index is 700. The van der Waals surface area contributed by atoms with Crippen LogP contribution in [0.25, 0.3) is 0 Å². The molecule has 0 aromatic carbocycles. The summed E-state index contributed by atoms with van der Waals surface area (Å²) in [4.78, 5) is 21.6. The van der Waals surface area contributed by atoms with Crippen molar-refractivity contribution < 1.29 is 9.32 Å². The van der Waals surface area contributed by atoms with Gasteiger partial charge < -0.3 is 15.2 Å². The van der Waals surface area contributed by atoms with Crippen molar-refractivity contribution in [2.45, 2.75) is 45.1 Å². The molecule has 1 aliphatic rings. The van der Waals surface area contributed by atoms with Gasteiger partial charge in [0.05, 0.1) is 6.04 Å². The smallest absolute Gasteiger partial charge is 0.288 e. The minimum Gasteiger partial charge on any atom is -0.363 e. The Morgan fingerprint density at radius 3 is 2.83 bits per heavy atom. The summed E-state index contributed by atoms with van der Waals surface area (Å²) in [7, 11) is 0. The monoisotopic (exact) mass is 319 g/mol. The lowest BCUT2D eigenvalue weighted by atomic mass is 9.97. The van der Waals surface area contributed by atoms with E-state index in [1.165, 1.54) is 0 Å². The molecule has 1 aliphatic heterocycles. The zero-order valence-electron chi connectivity index (χ0n) is 13.6. The number of carbonyl (C=O) groups excluding carboxylic acids is 1. The molecule has 0 aliphatic carbocycles. The maximum atomic E-state index is 11.1. The molecule has 23 heavy (non-hydrogen) atoms. The second-order valence-corrected chi connectivity index (χ2v) is 6.80. The highest BCUT2D eigenvalue weighted by atomic mass is 16.5. The Balaban J connectivity index is 1.75. The van der Waals surface area contributed by atoms with E-state index >= 15 is 0 Å². The van der Waals surface area contributed by atoms with Crippen LogP contribution in [0.1, 0.15) is 56.2 Å². The number of aromatic nitrogens is 5. The van der Waals surface area contributed by atoms with Gasteiger partial charge in [0.15, 0.2) is 0 Å². The van der Waals surface area contributed by atoms with Gasteiger partial charge in [-0.1, -0.05) is 20.8 Å². The van der Waals surface area contributed by atoms with Gasteiger partial charge in [-0.05, 0) is 18.0 Å². The minimum absolute atomic E-state index is 0.0386. The molecule has 0 saturated carbocycles. The number of nitrogens with zero attached hydrogens (tertiary/aromatic N) is 6. The average Bonchev–Trinajstić information content (AvgIpc) is 3.16. The predicted molar refractivity (Wildman–Crippen MR) is 82.0 cm³/mol. The van der Waals surface area contributed by atoms with Crippen LogP contribution in [0.15, 0.2) is 10.9 Å². The topological polar surface area (TPSA) is 116 Å². The number of rotatable bonds is 3. The van der Waals surface area contributed by atoms with Crippen LogP contribution < -0.4 is 10.6 Å². The van der Waals surface area contributed by atoms with E-state index in [1.807, 2.05) is 20.8 Å². The lowest BCUT2D eigenvalue weighted by molar-refractivity contribution is 0.0990. The number of hydrogen-bond donors (Lipinski definition) is 1. The number of nitrogens with two attached hydrogens (primary N) is 1. The highest BCUT2D eigenvalue weighted by Gasteiger charge is 2.28. The van der Waals surface area contributed by atoms with Crippen LogP contribution in [0.3, 0.4) is 0 Å². The third-order valence-electron chi connectivity index (χ3n) is 3.84. The van der Waals surface area contributed by atoms with Crippen molar-refractivity contribution >= 4 is 11.9 Å². The molecular formula is C14H21N7O2. The summed E-state index contributed by atoms with van der Waals surface area (Å²) in [6.07, 6.45) is 3.46. The Morgan fingerprint density at radius 2 is 2.22 bits per heavy atom. The summed E-state index contributed by atoms with van der Waals surface area (Å²) in [5, 5.41) is 8.23. The van der Waals surface area contributed by atoms with Gasteiger partial charge in [0, 0.05) is 18.5 Å². The van der Waals surface area contributed by atoms with Gasteiger partial charge in [0.2, 0.25) is 11.7 Å². The van der Waals surface area contributed by atoms with Crippen LogP contribution in [0, 0.1) is 0 Å². The van der Waals surface area contributed by atoms with Crippen LogP contribution in [-0.2, 0) is 5.41 Å². The highest BCUT2D eigenvalue weighted by molar-refractivity contribution is 5.88. The van der Waals surface area contributed by atoms with Gasteiger partial charge >= 0.3 is 0 Å². The SMILES string of the molecule is CC(C)(C)c1nc(N2CCC[C@H](n3cnc(C(N)=O)n3)C2)no1. The molecule has 9 nitrogen and oxygen atoms in total. The second kappa shape index (κ2) is 5.64. The van der Waals surface area contributed by atoms with Gasteiger partial charge in [-0.3, -0.25) is 4.79 Å². The molecule has 2 N–H and O–H groups in total. The Hall–Kier alpha value is -2.45. The molecule has 0 radical (unpaired) electrons. The third kappa shape index (κ3) is 3.17. The average molecular weight is 319 g/mol. The molecule has 3 heterocycles. The van der Waals surface area contributed by atoms with Crippen LogP contribution in [0.4, 0.5) is 5.95 Å². The van der Waals surface area contributed by atoms with Crippen molar-refractivity contribution in [1.29, 1.82) is 0 Å². The predicted octanol–water partition coefficient (Wildman–Crippen LogP) is 0.899. The molecule has 9 heteroatoms. The van der Waals surface area contributed by atoms with Crippen LogP contribution >= 0.6 is 0 Å². The Kier molecular flexibility index (Phi) is 3.78. The number of hydrogen-bond acceptors (Lipinski definition) is 7. The normalized spacial score (nSPS) is 19.1. The summed E-state index contributed by atoms with van der Waals surface area (Å²) in [5.74, 6) is 0.627. The molecule has 1 amide bonds. The summed E-state index contributed by atoms with van der Waals surface area (Å²) in [5.41, 5.74) is 5.02. The maximum Gasteiger partial charge on any atom is 0.288 e. The first-order valence-electron chi connectivity index (χ1n) is 7.64. The van der Waals surface area contributed by atoms with E-state index in [4.69, 9.17) is 10.3 Å². The molecular weight excluding hydrogens is 298 g/mol. The first-order chi connectivity index (χ1) is 10.8. The fourth-order valence-electron chi connectivity index (χ4n) is 2.56. The fraction of sp³-hybridized carbons (Fsp3) is 0.643. The van der Waals surface area contributed by atoms with Crippen molar-refractivity contribution in [1.82, 2.24) is 24.9 Å². The molecule has 1 atom stereocenters. The van der Waals surface area contributed by atoms with E-state index in [9.17, 15) is 4.79 Å². The number of amides is 1. The number of piperidine rings is 1. The van der Waals surface area contributed by atoms with Gasteiger partial charge in [-0.2, -0.15) is 4.98 Å². The van der Waals surface area contributed by atoms with Gasteiger partial charge in [0.25, 0.3) is 11.9 Å². The van der Waals surface area contributed by atoms with Crippen molar-refractivity contribution in [2.75, 3.05) is 18.0 Å². The van der Waals surface area contributed by atoms with Crippen molar-refractivity contribution in [3.05, 3.63) is 18.0 Å². The fourth-order valence-corrected chi connectivity index (χ4v) is 2.56. The molecule has 0 unspecified atom stereocenters. The van der Waals surface area contributed by atoms with Crippen molar-refractivity contribution in [3.8, 4) is 0 Å². The van der Waals surface area contributed by atoms with E-state index in [0.717, 1.165) is 19.4 Å². The first kappa shape index (κ1) is 15.4. The number of primary amides is 1. The van der Waals surface area contributed by atoms with E-state index in [0.29, 0.717) is 18.4 Å². The lowest BCUT2D eigenvalue weighted by Crippen LogP contribution is -2.37. The largest absolute Gasteiger partial charge is 0.363 e. The molecule has 3 rings (SSSR count). The van der Waals surface area contributed by atoms with Gasteiger partial charge in [-0.15, -0.1) is 5.10 Å². The molecule has 1 saturated heterocycles. The highest BCUT2D eigenvalue weighted by Crippen LogP contribution is 2.26. The molecule has 1 fully saturated rings. The van der Waals surface area contributed by atoms with Crippen LogP contribution in [0.2, 0.25) is 0 Å². The maximum absolute atomic E-state index is 11.1. The standard InChI is InChI=1S/C14H21N7O2/c1-14(2,3)12-17-13(19-23-12)20-6-4-5-9(7-20)21-8-16-11(18-21)10(15)22/h8-9H,4-7H2,1-3H3,(H2,15,22)/t9-/m0/s1.